The van der Waals surface area contributed by atoms with Crippen LogP contribution in [0.5, 0.6) is 5.75 Å². The molecule has 0 heterocycles. The fraction of sp³-hybridized carbons (Fsp3) is 0.182. The van der Waals surface area contributed by atoms with Crippen molar-refractivity contribution in [2.45, 2.75) is 28.2 Å². The van der Waals surface area contributed by atoms with Crippen molar-refractivity contribution in [3.05, 3.63) is 75.6 Å². The topological polar surface area (TPSA) is 110 Å². The molecule has 0 aliphatic rings. The molecule has 0 aliphatic heterocycles. The lowest BCUT2D eigenvalue weighted by atomic mass is 10.0. The molecule has 0 fully saturated rings. The first-order valence-electron chi connectivity index (χ1n) is 8.44. The van der Waals surface area contributed by atoms with Crippen LogP contribution in [0, 0.1) is 13.8 Å². The molecule has 0 bridgehead atoms. The molecule has 0 spiro atoms. The molecule has 7 heteroatoms. The van der Waals surface area contributed by atoms with Gasteiger partial charge in [-0.25, -0.2) is 0 Å². The number of halogens is 1. The second-order valence-electron chi connectivity index (χ2n) is 6.35. The van der Waals surface area contributed by atoms with Crippen LogP contribution >= 0.6 is 11.6 Å². The van der Waals surface area contributed by atoms with E-state index in [0.717, 1.165) is 10.5 Å². The maximum atomic E-state index is 12.1. The summed E-state index contributed by atoms with van der Waals surface area (Å²) in [5.74, 6) is -0.923. The summed E-state index contributed by atoms with van der Waals surface area (Å²) >= 11 is 6.02. The zero-order valence-corrected chi connectivity index (χ0v) is 16.6. The van der Waals surface area contributed by atoms with Gasteiger partial charge in [0.05, 0.1) is 11.3 Å². The van der Waals surface area contributed by atoms with Crippen LogP contribution in [0.2, 0.25) is 5.02 Å². The number of allylic oxidation sites excluding steroid dienone is 1. The largest absolute Gasteiger partial charge is 0.508 e. The molecule has 0 aromatic heterocycles. The van der Waals surface area contributed by atoms with Gasteiger partial charge >= 0.3 is 0 Å². The van der Waals surface area contributed by atoms with Crippen molar-refractivity contribution in [1.29, 1.82) is 0 Å². The predicted octanol–water partition coefficient (Wildman–Crippen LogP) is 4.02. The van der Waals surface area contributed by atoms with Gasteiger partial charge in [0, 0.05) is 10.6 Å². The Hall–Kier alpha value is -3.25. The van der Waals surface area contributed by atoms with Crippen molar-refractivity contribution in [1.82, 2.24) is 0 Å². The van der Waals surface area contributed by atoms with Crippen molar-refractivity contribution in [3.8, 4) is 5.75 Å². The number of nitrogens with zero attached hydrogens (tertiary/aromatic N) is 1. The number of phenolic OH excluding ortho intramolecular Hbond substituents is 1. The Bertz CT molecular complexity index is 997. The molecule has 2 aromatic rings. The van der Waals surface area contributed by atoms with E-state index in [1.165, 1.54) is 12.1 Å². The number of aryl methyl sites for hydroxylation is 1. The maximum absolute atomic E-state index is 12.1. The summed E-state index contributed by atoms with van der Waals surface area (Å²) in [5, 5.41) is 10.5. The van der Waals surface area contributed by atoms with Crippen LogP contribution in [0.15, 0.2) is 53.9 Å². The number of hydrogen-bond donors (Lipinski definition) is 3. The zero-order chi connectivity index (χ0) is 21.0. The van der Waals surface area contributed by atoms with Crippen LogP contribution < -0.4 is 16.4 Å². The van der Waals surface area contributed by atoms with E-state index in [4.69, 9.17) is 23.1 Å². The molecular weight excluding hydrogens is 390 g/mol. The fourth-order valence-electron chi connectivity index (χ4n) is 2.86. The SMILES string of the molecule is C.C/C(=C\C(C(N)=O)=C(\N)N(C=O)c1c(C)ccc(O)c1C)c1cccc(Cl)c1. The Morgan fingerprint density at radius 2 is 1.83 bits per heavy atom. The van der Waals surface area contributed by atoms with Gasteiger partial charge in [0.15, 0.2) is 0 Å². The van der Waals surface area contributed by atoms with E-state index >= 15 is 0 Å². The van der Waals surface area contributed by atoms with E-state index in [9.17, 15) is 14.7 Å². The van der Waals surface area contributed by atoms with Crippen molar-refractivity contribution in [3.63, 3.8) is 0 Å². The van der Waals surface area contributed by atoms with Crippen LogP contribution in [0.3, 0.4) is 0 Å². The monoisotopic (exact) mass is 415 g/mol. The van der Waals surface area contributed by atoms with Gasteiger partial charge in [0.25, 0.3) is 5.91 Å². The number of hydrogen-bond acceptors (Lipinski definition) is 4. The molecule has 154 valence electrons. The van der Waals surface area contributed by atoms with E-state index in [1.807, 2.05) is 6.07 Å². The summed E-state index contributed by atoms with van der Waals surface area (Å²) in [7, 11) is 0. The highest BCUT2D eigenvalue weighted by atomic mass is 35.5. The summed E-state index contributed by atoms with van der Waals surface area (Å²) in [6, 6.07) is 10.3. The highest BCUT2D eigenvalue weighted by molar-refractivity contribution is 6.30. The summed E-state index contributed by atoms with van der Waals surface area (Å²) < 4.78 is 0. The number of anilines is 1. The lowest BCUT2D eigenvalue weighted by Gasteiger charge is -2.24. The van der Waals surface area contributed by atoms with E-state index in [1.54, 1.807) is 45.0 Å². The molecular formula is C22H26ClN3O3. The van der Waals surface area contributed by atoms with Gasteiger partial charge in [-0.1, -0.05) is 37.2 Å². The molecule has 5 N–H and O–H groups in total. The van der Waals surface area contributed by atoms with Gasteiger partial charge in [0.2, 0.25) is 6.41 Å². The minimum atomic E-state index is -0.791. The highest BCUT2D eigenvalue weighted by Crippen LogP contribution is 2.32. The normalized spacial score (nSPS) is 11.9. The lowest BCUT2D eigenvalue weighted by Crippen LogP contribution is -2.32. The van der Waals surface area contributed by atoms with Crippen molar-refractivity contribution in [2.24, 2.45) is 11.5 Å². The van der Waals surface area contributed by atoms with Gasteiger partial charge in [0.1, 0.15) is 11.6 Å². The Kier molecular flexibility index (Phi) is 8.04. The molecule has 6 nitrogen and oxygen atoms in total. The van der Waals surface area contributed by atoms with Crippen molar-refractivity contribution < 1.29 is 14.7 Å². The molecule has 0 saturated heterocycles. The van der Waals surface area contributed by atoms with Crippen LogP contribution in [0.1, 0.15) is 31.0 Å². The van der Waals surface area contributed by atoms with Gasteiger partial charge in [-0.2, -0.15) is 0 Å². The number of aromatic hydroxyl groups is 1. The molecule has 0 atom stereocenters. The minimum Gasteiger partial charge on any atom is -0.508 e. The van der Waals surface area contributed by atoms with Crippen molar-refractivity contribution >= 4 is 35.2 Å². The Morgan fingerprint density at radius 1 is 1.17 bits per heavy atom. The molecule has 2 amide bonds. The third kappa shape index (κ3) is 5.18. The number of nitrogens with two attached hydrogens (primary N) is 2. The van der Waals surface area contributed by atoms with Crippen molar-refractivity contribution in [2.75, 3.05) is 4.90 Å². The fourth-order valence-corrected chi connectivity index (χ4v) is 3.05. The Labute approximate surface area is 176 Å². The number of rotatable bonds is 6. The van der Waals surface area contributed by atoms with E-state index in [2.05, 4.69) is 0 Å². The van der Waals surface area contributed by atoms with E-state index < -0.39 is 5.91 Å². The van der Waals surface area contributed by atoms with Gasteiger partial charge in [-0.3, -0.25) is 14.5 Å². The molecule has 0 unspecified atom stereocenters. The number of phenols is 1. The second kappa shape index (κ2) is 9.80. The molecule has 0 radical (unpaired) electrons. The minimum absolute atomic E-state index is 0. The second-order valence-corrected chi connectivity index (χ2v) is 6.79. The number of amides is 2. The van der Waals surface area contributed by atoms with Gasteiger partial charge in [-0.05, 0) is 61.7 Å². The molecule has 29 heavy (non-hydrogen) atoms. The third-order valence-corrected chi connectivity index (χ3v) is 4.63. The first-order chi connectivity index (χ1) is 13.2. The van der Waals surface area contributed by atoms with Crippen LogP contribution in [-0.2, 0) is 9.59 Å². The van der Waals surface area contributed by atoms with E-state index in [0.29, 0.717) is 33.8 Å². The van der Waals surface area contributed by atoms with Gasteiger partial charge in [-0.15, -0.1) is 0 Å². The average molecular weight is 416 g/mol. The number of benzene rings is 2. The lowest BCUT2D eigenvalue weighted by molar-refractivity contribution is -0.114. The quantitative estimate of drug-likeness (QED) is 0.376. The zero-order valence-electron chi connectivity index (χ0n) is 15.9. The van der Waals surface area contributed by atoms with Gasteiger partial charge < -0.3 is 16.6 Å². The molecule has 2 aromatic carbocycles. The van der Waals surface area contributed by atoms with Crippen LogP contribution in [-0.4, -0.2) is 17.4 Å². The Morgan fingerprint density at radius 3 is 2.38 bits per heavy atom. The van der Waals surface area contributed by atoms with Crippen LogP contribution in [0.25, 0.3) is 5.57 Å². The first kappa shape index (κ1) is 23.8. The number of carbonyl (C=O) groups is 2. The maximum Gasteiger partial charge on any atom is 0.252 e. The Balaban J connectivity index is 0.00000420. The average Bonchev–Trinajstić information content (AvgIpc) is 2.65. The van der Waals surface area contributed by atoms with E-state index in [-0.39, 0.29) is 24.6 Å². The standard InChI is InChI=1S/C21H22ClN3O3.CH4/c1-12-7-8-18(27)14(3)19(12)25(11-26)20(23)17(21(24)28)9-13(2)15-5-4-6-16(22)10-15;/h4-11,27H,23H2,1-3H3,(H2,24,28);1H4/b13-9+,20-17+;. The number of primary amides is 1. The molecule has 2 rings (SSSR count). The summed E-state index contributed by atoms with van der Waals surface area (Å²) in [5.41, 5.74) is 14.7. The number of carbonyl (C=O) groups excluding carboxylic acids is 2. The summed E-state index contributed by atoms with van der Waals surface area (Å²) in [6.07, 6.45) is 1.99. The summed E-state index contributed by atoms with van der Waals surface area (Å²) in [6.45, 7) is 5.19. The predicted molar refractivity (Wildman–Crippen MR) is 118 cm³/mol. The molecule has 0 aliphatic carbocycles. The van der Waals surface area contributed by atoms with Crippen LogP contribution in [0.4, 0.5) is 5.69 Å². The smallest absolute Gasteiger partial charge is 0.252 e. The first-order valence-corrected chi connectivity index (χ1v) is 8.82. The molecule has 0 saturated carbocycles. The highest BCUT2D eigenvalue weighted by Gasteiger charge is 2.21. The summed E-state index contributed by atoms with van der Waals surface area (Å²) in [4.78, 5) is 25.0. The third-order valence-electron chi connectivity index (χ3n) is 4.39.